The number of nitrogens with zero attached hydrogens (tertiary/aromatic N) is 1. The Morgan fingerprint density at radius 3 is 2.89 bits per heavy atom. The van der Waals surface area contributed by atoms with Gasteiger partial charge in [0.05, 0.1) is 0 Å². The van der Waals surface area contributed by atoms with Crippen LogP contribution in [-0.2, 0) is 6.42 Å². The lowest BCUT2D eigenvalue weighted by Gasteiger charge is -2.35. The summed E-state index contributed by atoms with van der Waals surface area (Å²) < 4.78 is 0. The maximum absolute atomic E-state index is 3.29. The molecule has 2 nitrogen and oxygen atoms in total. The van der Waals surface area contributed by atoms with E-state index in [1.165, 1.54) is 56.4 Å². The molecule has 0 radical (unpaired) electrons. The van der Waals surface area contributed by atoms with Crippen LogP contribution in [0.2, 0.25) is 0 Å². The predicted molar refractivity (Wildman–Crippen MR) is 79.2 cm³/mol. The fourth-order valence-electron chi connectivity index (χ4n) is 3.11. The number of nitrogens with one attached hydrogen (secondary N) is 1. The van der Waals surface area contributed by atoms with E-state index in [0.29, 0.717) is 0 Å². The predicted octanol–water partition coefficient (Wildman–Crippen LogP) is 3.54. The number of likely N-dealkylation sites (tertiary alicyclic amines) is 1. The third-order valence-electron chi connectivity index (χ3n) is 4.19. The van der Waals surface area contributed by atoms with Gasteiger partial charge in [0.2, 0.25) is 0 Å². The number of benzene rings is 1. The first-order chi connectivity index (χ1) is 8.85. The molecule has 2 rings (SSSR count). The summed E-state index contributed by atoms with van der Waals surface area (Å²) in [7, 11) is 2.01. The van der Waals surface area contributed by atoms with Gasteiger partial charge in [0.25, 0.3) is 0 Å². The smallest absolute Gasteiger partial charge is 0.0370 e. The topological polar surface area (TPSA) is 15.3 Å². The molecule has 1 atom stereocenters. The van der Waals surface area contributed by atoms with Crippen molar-refractivity contribution in [2.24, 2.45) is 0 Å². The van der Waals surface area contributed by atoms with E-state index < -0.39 is 0 Å². The third-order valence-corrected chi connectivity index (χ3v) is 4.19. The molecule has 0 aliphatic carbocycles. The van der Waals surface area contributed by atoms with Crippen LogP contribution in [0.25, 0.3) is 0 Å². The van der Waals surface area contributed by atoms with Crippen molar-refractivity contribution in [2.75, 3.05) is 25.5 Å². The first kappa shape index (κ1) is 13.4. The molecule has 0 aromatic heterocycles. The molecule has 0 bridgehead atoms. The van der Waals surface area contributed by atoms with Gasteiger partial charge in [-0.1, -0.05) is 31.5 Å². The third kappa shape index (κ3) is 3.26. The maximum Gasteiger partial charge on any atom is 0.0370 e. The van der Waals surface area contributed by atoms with Crippen LogP contribution in [0.3, 0.4) is 0 Å². The number of hydrogen-bond donors (Lipinski definition) is 1. The summed E-state index contributed by atoms with van der Waals surface area (Å²) >= 11 is 0. The van der Waals surface area contributed by atoms with Crippen LogP contribution >= 0.6 is 0 Å². The van der Waals surface area contributed by atoms with E-state index in [0.717, 1.165) is 6.04 Å². The zero-order valence-corrected chi connectivity index (χ0v) is 11.8. The number of anilines is 1. The van der Waals surface area contributed by atoms with E-state index in [4.69, 9.17) is 0 Å². The minimum absolute atomic E-state index is 0.800. The van der Waals surface area contributed by atoms with Gasteiger partial charge in [-0.2, -0.15) is 0 Å². The monoisotopic (exact) mass is 246 g/mol. The molecule has 1 fully saturated rings. The van der Waals surface area contributed by atoms with Crippen LogP contribution in [0.4, 0.5) is 5.69 Å². The number of rotatable bonds is 5. The summed E-state index contributed by atoms with van der Waals surface area (Å²) in [6.45, 7) is 4.80. The van der Waals surface area contributed by atoms with Gasteiger partial charge in [-0.3, -0.25) is 0 Å². The highest BCUT2D eigenvalue weighted by Crippen LogP contribution is 2.23. The van der Waals surface area contributed by atoms with Crippen molar-refractivity contribution >= 4 is 5.69 Å². The Bertz CT molecular complexity index is 362. The average molecular weight is 246 g/mol. The lowest BCUT2D eigenvalue weighted by Crippen LogP contribution is -2.39. The summed E-state index contributed by atoms with van der Waals surface area (Å²) in [6, 6.07) is 9.48. The molecule has 1 aliphatic rings. The quantitative estimate of drug-likeness (QED) is 0.855. The van der Waals surface area contributed by atoms with E-state index in [9.17, 15) is 0 Å². The zero-order chi connectivity index (χ0) is 12.8. The Morgan fingerprint density at radius 1 is 1.28 bits per heavy atom. The summed E-state index contributed by atoms with van der Waals surface area (Å²) in [4.78, 5) is 2.66. The van der Waals surface area contributed by atoms with E-state index in [-0.39, 0.29) is 0 Å². The molecule has 1 heterocycles. The maximum atomic E-state index is 3.29. The van der Waals surface area contributed by atoms with Crippen molar-refractivity contribution in [1.82, 2.24) is 4.90 Å². The molecule has 2 heteroatoms. The van der Waals surface area contributed by atoms with E-state index >= 15 is 0 Å². The van der Waals surface area contributed by atoms with Gasteiger partial charge in [0.1, 0.15) is 0 Å². The Morgan fingerprint density at radius 2 is 2.11 bits per heavy atom. The lowest BCUT2D eigenvalue weighted by molar-refractivity contribution is 0.148. The molecule has 100 valence electrons. The zero-order valence-electron chi connectivity index (χ0n) is 11.8. The van der Waals surface area contributed by atoms with Crippen LogP contribution in [0.1, 0.15) is 38.2 Å². The van der Waals surface area contributed by atoms with Gasteiger partial charge in [-0.25, -0.2) is 0 Å². The van der Waals surface area contributed by atoms with Gasteiger partial charge in [0.15, 0.2) is 0 Å². The molecule has 1 saturated heterocycles. The Kier molecular flexibility index (Phi) is 5.06. The Hall–Kier alpha value is -1.02. The highest BCUT2D eigenvalue weighted by atomic mass is 15.2. The van der Waals surface area contributed by atoms with Gasteiger partial charge in [0, 0.05) is 18.8 Å². The van der Waals surface area contributed by atoms with Crippen LogP contribution in [0, 0.1) is 0 Å². The molecule has 1 unspecified atom stereocenters. The number of para-hydroxylation sites is 1. The second-order valence-corrected chi connectivity index (χ2v) is 5.22. The van der Waals surface area contributed by atoms with E-state index in [1.807, 2.05) is 7.05 Å². The van der Waals surface area contributed by atoms with Crippen molar-refractivity contribution in [3.8, 4) is 0 Å². The largest absolute Gasteiger partial charge is 0.388 e. The fraction of sp³-hybridized carbons (Fsp3) is 0.625. The highest BCUT2D eigenvalue weighted by Gasteiger charge is 2.20. The Balaban J connectivity index is 1.93. The number of hydrogen-bond acceptors (Lipinski definition) is 2. The molecule has 0 spiro atoms. The fourth-order valence-corrected chi connectivity index (χ4v) is 3.11. The standard InChI is InChI=1S/C16H26N2/c1-3-18-13-7-6-9-15(18)12-11-14-8-4-5-10-16(14)17-2/h4-5,8,10,15,17H,3,6-7,9,11-13H2,1-2H3. The van der Waals surface area contributed by atoms with Crippen LogP contribution < -0.4 is 5.32 Å². The number of aryl methyl sites for hydroxylation is 1. The van der Waals surface area contributed by atoms with Crippen LogP contribution in [-0.4, -0.2) is 31.1 Å². The first-order valence-electron chi connectivity index (χ1n) is 7.35. The van der Waals surface area contributed by atoms with Crippen LogP contribution in [0.15, 0.2) is 24.3 Å². The SMILES string of the molecule is CCN1CCCCC1CCc1ccccc1NC. The molecule has 1 aliphatic heterocycles. The Labute approximate surface area is 111 Å². The van der Waals surface area contributed by atoms with Gasteiger partial charge in [-0.05, 0) is 50.4 Å². The van der Waals surface area contributed by atoms with Gasteiger partial charge in [-0.15, -0.1) is 0 Å². The van der Waals surface area contributed by atoms with Gasteiger partial charge >= 0.3 is 0 Å². The summed E-state index contributed by atoms with van der Waals surface area (Å²) in [5.74, 6) is 0. The summed E-state index contributed by atoms with van der Waals surface area (Å²) in [6.07, 6.45) is 6.67. The molecule has 1 aromatic carbocycles. The van der Waals surface area contributed by atoms with Gasteiger partial charge < -0.3 is 10.2 Å². The molecule has 1 aromatic rings. The molecule has 0 saturated carbocycles. The minimum Gasteiger partial charge on any atom is -0.388 e. The number of piperidine rings is 1. The van der Waals surface area contributed by atoms with Crippen molar-refractivity contribution in [2.45, 2.75) is 45.1 Å². The van der Waals surface area contributed by atoms with Crippen molar-refractivity contribution in [3.63, 3.8) is 0 Å². The highest BCUT2D eigenvalue weighted by molar-refractivity contribution is 5.50. The minimum atomic E-state index is 0.800. The second-order valence-electron chi connectivity index (χ2n) is 5.22. The van der Waals surface area contributed by atoms with Crippen LogP contribution in [0.5, 0.6) is 0 Å². The molecular weight excluding hydrogens is 220 g/mol. The molecule has 1 N–H and O–H groups in total. The van der Waals surface area contributed by atoms with E-state index in [1.54, 1.807) is 0 Å². The van der Waals surface area contributed by atoms with E-state index in [2.05, 4.69) is 41.4 Å². The summed E-state index contributed by atoms with van der Waals surface area (Å²) in [5, 5.41) is 3.29. The molecule has 0 amide bonds. The molecular formula is C16H26N2. The van der Waals surface area contributed by atoms with Crippen molar-refractivity contribution in [3.05, 3.63) is 29.8 Å². The first-order valence-corrected chi connectivity index (χ1v) is 7.35. The summed E-state index contributed by atoms with van der Waals surface area (Å²) in [5.41, 5.74) is 2.75. The lowest BCUT2D eigenvalue weighted by atomic mass is 9.95. The van der Waals surface area contributed by atoms with Crippen molar-refractivity contribution in [1.29, 1.82) is 0 Å². The van der Waals surface area contributed by atoms with Crippen molar-refractivity contribution < 1.29 is 0 Å². The normalized spacial score (nSPS) is 20.9. The second kappa shape index (κ2) is 6.79. The molecule has 18 heavy (non-hydrogen) atoms. The average Bonchev–Trinajstić information content (AvgIpc) is 2.45.